The molecule has 0 aliphatic heterocycles. The quantitative estimate of drug-likeness (QED) is 0.535. The topological polar surface area (TPSA) is 44.8 Å². The van der Waals surface area contributed by atoms with E-state index in [4.69, 9.17) is 13.8 Å². The van der Waals surface area contributed by atoms with Crippen molar-refractivity contribution in [2.75, 3.05) is 33.1 Å². The SMILES string of the molecule is CCCCP(=O)(OCC)OCC(C)CCOC. The van der Waals surface area contributed by atoms with Crippen molar-refractivity contribution in [1.29, 1.82) is 0 Å². The van der Waals surface area contributed by atoms with Gasteiger partial charge in [-0.3, -0.25) is 4.57 Å². The van der Waals surface area contributed by atoms with Crippen molar-refractivity contribution < 1.29 is 18.3 Å². The van der Waals surface area contributed by atoms with Crippen molar-refractivity contribution in [2.45, 2.75) is 40.0 Å². The summed E-state index contributed by atoms with van der Waals surface area (Å²) >= 11 is 0. The van der Waals surface area contributed by atoms with Crippen molar-refractivity contribution in [2.24, 2.45) is 5.92 Å². The van der Waals surface area contributed by atoms with Gasteiger partial charge >= 0.3 is 7.60 Å². The van der Waals surface area contributed by atoms with Crippen LogP contribution in [-0.4, -0.2) is 33.1 Å². The Morgan fingerprint density at radius 2 is 1.94 bits per heavy atom. The number of hydrogen-bond acceptors (Lipinski definition) is 4. The third-order valence-electron chi connectivity index (χ3n) is 2.48. The molecule has 0 aliphatic rings. The fourth-order valence-electron chi connectivity index (χ4n) is 1.36. The summed E-state index contributed by atoms with van der Waals surface area (Å²) in [6, 6.07) is 0. The Kier molecular flexibility index (Phi) is 10.1. The maximum absolute atomic E-state index is 12.3. The lowest BCUT2D eigenvalue weighted by molar-refractivity contribution is 0.147. The zero-order valence-electron chi connectivity index (χ0n) is 11.6. The number of hydrogen-bond donors (Lipinski definition) is 0. The van der Waals surface area contributed by atoms with Crippen LogP contribution in [-0.2, 0) is 18.3 Å². The van der Waals surface area contributed by atoms with Gasteiger partial charge in [0.1, 0.15) is 0 Å². The van der Waals surface area contributed by atoms with E-state index in [1.54, 1.807) is 7.11 Å². The average Bonchev–Trinajstić information content (AvgIpc) is 2.32. The van der Waals surface area contributed by atoms with Crippen molar-refractivity contribution in [3.8, 4) is 0 Å². The highest BCUT2D eigenvalue weighted by molar-refractivity contribution is 7.53. The predicted molar refractivity (Wildman–Crippen MR) is 70.6 cm³/mol. The minimum absolute atomic E-state index is 0.338. The van der Waals surface area contributed by atoms with E-state index < -0.39 is 7.60 Å². The van der Waals surface area contributed by atoms with Crippen LogP contribution in [0.15, 0.2) is 0 Å². The molecule has 0 aromatic carbocycles. The predicted octanol–water partition coefficient (Wildman–Crippen LogP) is 3.71. The van der Waals surface area contributed by atoms with Crippen LogP contribution in [0.4, 0.5) is 0 Å². The van der Waals surface area contributed by atoms with Crippen LogP contribution < -0.4 is 0 Å². The molecular weight excluding hydrogens is 239 g/mol. The molecule has 2 atom stereocenters. The monoisotopic (exact) mass is 266 g/mol. The molecule has 0 aliphatic carbocycles. The van der Waals surface area contributed by atoms with Crippen LogP contribution in [0.5, 0.6) is 0 Å². The third kappa shape index (κ3) is 8.78. The van der Waals surface area contributed by atoms with E-state index in [1.165, 1.54) is 0 Å². The zero-order chi connectivity index (χ0) is 13.1. The number of rotatable bonds is 11. The molecular formula is C12H27O4P. The van der Waals surface area contributed by atoms with E-state index in [0.717, 1.165) is 19.3 Å². The Morgan fingerprint density at radius 3 is 2.47 bits per heavy atom. The highest BCUT2D eigenvalue weighted by atomic mass is 31.2. The molecule has 0 aromatic rings. The molecule has 2 unspecified atom stereocenters. The Balaban J connectivity index is 4.02. The molecule has 0 heterocycles. The fourth-order valence-corrected chi connectivity index (χ4v) is 3.27. The number of methoxy groups -OCH3 is 1. The average molecular weight is 266 g/mol. The lowest BCUT2D eigenvalue weighted by Crippen LogP contribution is -2.10. The first kappa shape index (κ1) is 17.1. The van der Waals surface area contributed by atoms with Gasteiger partial charge in [-0.15, -0.1) is 0 Å². The first-order chi connectivity index (χ1) is 8.08. The number of ether oxygens (including phenoxy) is 1. The second-order valence-electron chi connectivity index (χ2n) is 4.29. The normalized spacial score (nSPS) is 16.7. The van der Waals surface area contributed by atoms with Crippen LogP contribution in [0.3, 0.4) is 0 Å². The van der Waals surface area contributed by atoms with Crippen LogP contribution in [0, 0.1) is 5.92 Å². The van der Waals surface area contributed by atoms with Gasteiger partial charge in [-0.2, -0.15) is 0 Å². The molecule has 104 valence electrons. The van der Waals surface area contributed by atoms with Crippen molar-refractivity contribution in [1.82, 2.24) is 0 Å². The van der Waals surface area contributed by atoms with Gasteiger partial charge in [0.25, 0.3) is 0 Å². The van der Waals surface area contributed by atoms with Gasteiger partial charge in [0, 0.05) is 13.7 Å². The van der Waals surface area contributed by atoms with Gasteiger partial charge in [0.15, 0.2) is 0 Å². The van der Waals surface area contributed by atoms with Crippen LogP contribution in [0.1, 0.15) is 40.0 Å². The van der Waals surface area contributed by atoms with Gasteiger partial charge < -0.3 is 13.8 Å². The Morgan fingerprint density at radius 1 is 1.24 bits per heavy atom. The van der Waals surface area contributed by atoms with E-state index in [1.807, 2.05) is 6.92 Å². The summed E-state index contributed by atoms with van der Waals surface area (Å²) in [5.74, 6) is 0.338. The summed E-state index contributed by atoms with van der Waals surface area (Å²) < 4.78 is 28.1. The summed E-state index contributed by atoms with van der Waals surface area (Å²) in [5.41, 5.74) is 0. The lowest BCUT2D eigenvalue weighted by Gasteiger charge is -2.20. The zero-order valence-corrected chi connectivity index (χ0v) is 12.5. The second-order valence-corrected chi connectivity index (χ2v) is 6.47. The summed E-state index contributed by atoms with van der Waals surface area (Å²) in [5, 5.41) is 0. The number of unbranched alkanes of at least 4 members (excludes halogenated alkanes) is 1. The summed E-state index contributed by atoms with van der Waals surface area (Å²) in [4.78, 5) is 0. The Bertz CT molecular complexity index is 221. The molecule has 4 nitrogen and oxygen atoms in total. The summed E-state index contributed by atoms with van der Waals surface area (Å²) in [6.07, 6.45) is 3.31. The third-order valence-corrected chi connectivity index (χ3v) is 4.54. The van der Waals surface area contributed by atoms with Crippen molar-refractivity contribution in [3.05, 3.63) is 0 Å². The van der Waals surface area contributed by atoms with E-state index in [-0.39, 0.29) is 0 Å². The molecule has 0 aromatic heterocycles. The molecule has 0 bridgehead atoms. The molecule has 0 N–H and O–H groups in total. The molecule has 0 radical (unpaired) electrons. The maximum Gasteiger partial charge on any atom is 0.330 e. The minimum Gasteiger partial charge on any atom is -0.385 e. The van der Waals surface area contributed by atoms with Crippen molar-refractivity contribution in [3.63, 3.8) is 0 Å². The first-order valence-corrected chi connectivity index (χ1v) is 8.17. The van der Waals surface area contributed by atoms with E-state index >= 15 is 0 Å². The maximum atomic E-state index is 12.3. The lowest BCUT2D eigenvalue weighted by atomic mass is 10.1. The molecule has 0 amide bonds. The highest BCUT2D eigenvalue weighted by Gasteiger charge is 2.23. The standard InChI is InChI=1S/C12H27O4P/c1-5-7-10-17(13,15-6-2)16-11-12(3)8-9-14-4/h12H,5-11H2,1-4H3. The molecule has 0 rings (SSSR count). The molecule has 17 heavy (non-hydrogen) atoms. The van der Waals surface area contributed by atoms with Crippen LogP contribution in [0.2, 0.25) is 0 Å². The van der Waals surface area contributed by atoms with Gasteiger partial charge in [0.2, 0.25) is 0 Å². The van der Waals surface area contributed by atoms with E-state index in [0.29, 0.717) is 31.9 Å². The Hall–Kier alpha value is 0.110. The van der Waals surface area contributed by atoms with Crippen LogP contribution >= 0.6 is 7.60 Å². The fraction of sp³-hybridized carbons (Fsp3) is 1.00. The van der Waals surface area contributed by atoms with Gasteiger partial charge in [-0.25, -0.2) is 0 Å². The molecule has 0 spiro atoms. The van der Waals surface area contributed by atoms with E-state index in [9.17, 15) is 4.57 Å². The molecule has 0 fully saturated rings. The minimum atomic E-state index is -2.86. The summed E-state index contributed by atoms with van der Waals surface area (Å²) in [6.45, 7) is 7.60. The van der Waals surface area contributed by atoms with Crippen LogP contribution in [0.25, 0.3) is 0 Å². The first-order valence-electron chi connectivity index (χ1n) is 6.45. The smallest absolute Gasteiger partial charge is 0.330 e. The van der Waals surface area contributed by atoms with Gasteiger partial charge in [-0.1, -0.05) is 20.3 Å². The van der Waals surface area contributed by atoms with Gasteiger partial charge in [0.05, 0.1) is 19.4 Å². The highest BCUT2D eigenvalue weighted by Crippen LogP contribution is 2.49. The van der Waals surface area contributed by atoms with Crippen molar-refractivity contribution >= 4 is 7.60 Å². The van der Waals surface area contributed by atoms with E-state index in [2.05, 4.69) is 13.8 Å². The second kappa shape index (κ2) is 10.1. The summed E-state index contributed by atoms with van der Waals surface area (Å²) in [7, 11) is -1.18. The Labute approximate surface area is 106 Å². The molecule has 5 heteroatoms. The largest absolute Gasteiger partial charge is 0.385 e. The molecule has 0 saturated carbocycles. The van der Waals surface area contributed by atoms with Gasteiger partial charge in [-0.05, 0) is 25.7 Å². The molecule has 0 saturated heterocycles.